The average molecular weight is 168 g/mol. The van der Waals surface area contributed by atoms with Crippen LogP contribution < -0.4 is 24.0 Å². The van der Waals surface area contributed by atoms with Crippen LogP contribution in [0.4, 0.5) is 17.6 Å². The molecule has 0 rings (SSSR count). The summed E-state index contributed by atoms with van der Waals surface area (Å²) >= 11 is 0. The second kappa shape index (κ2) is 5.83. The normalized spacial score (nSPS) is 11.5. The molecule has 2 nitrogen and oxygen atoms in total. The van der Waals surface area contributed by atoms with Gasteiger partial charge in [0.15, 0.2) is 0 Å². The molecule has 0 aromatic heterocycles. The van der Waals surface area contributed by atoms with Gasteiger partial charge in [0, 0.05) is 6.61 Å². The van der Waals surface area contributed by atoms with Gasteiger partial charge in [-0.2, -0.15) is 8.78 Å². The molecule has 0 aromatic carbocycles. The molecule has 0 saturated carbocycles. The molecule has 0 saturated heterocycles. The molecule has 11 heavy (non-hydrogen) atoms. The van der Waals surface area contributed by atoms with Gasteiger partial charge in [0.05, 0.1) is 0 Å². The van der Waals surface area contributed by atoms with Gasteiger partial charge in [-0.3, -0.25) is 0 Å². The molecule has 0 aliphatic heterocycles. The molecule has 0 N–H and O–H groups in total. The fourth-order valence-corrected chi connectivity index (χ4v) is 0.241. The first-order chi connectivity index (χ1) is 4.50. The zero-order valence-corrected chi connectivity index (χ0v) is 5.82. The Morgan fingerprint density at radius 3 is 2.09 bits per heavy atom. The second-order valence-electron chi connectivity index (χ2n) is 1.42. The molecular formula is C4H5F4LiO2. The fraction of sp³-hybridized carbons (Fsp3) is 1.00. The van der Waals surface area contributed by atoms with E-state index in [1.54, 1.807) is 0 Å². The largest absolute Gasteiger partial charge is 1.00 e. The monoisotopic (exact) mass is 168 g/mol. The van der Waals surface area contributed by atoms with Crippen molar-refractivity contribution in [3.05, 3.63) is 0 Å². The van der Waals surface area contributed by atoms with Gasteiger partial charge in [-0.05, 0) is 0 Å². The van der Waals surface area contributed by atoms with Crippen LogP contribution in [0.2, 0.25) is 0 Å². The molecular weight excluding hydrogens is 163 g/mol. The van der Waals surface area contributed by atoms with E-state index in [2.05, 4.69) is 4.74 Å². The molecule has 0 aliphatic carbocycles. The van der Waals surface area contributed by atoms with Gasteiger partial charge < -0.3 is 9.84 Å². The smallest absolute Gasteiger partial charge is 0.853 e. The molecule has 62 valence electrons. The first kappa shape index (κ1) is 13.8. The zero-order valence-electron chi connectivity index (χ0n) is 5.82. The van der Waals surface area contributed by atoms with E-state index < -0.39 is 25.7 Å². The van der Waals surface area contributed by atoms with E-state index in [0.717, 1.165) is 0 Å². The van der Waals surface area contributed by atoms with Crippen LogP contribution in [0.5, 0.6) is 0 Å². The van der Waals surface area contributed by atoms with Crippen LogP contribution in [0.15, 0.2) is 0 Å². The number of halogens is 4. The third-order valence-corrected chi connectivity index (χ3v) is 0.632. The van der Waals surface area contributed by atoms with Crippen LogP contribution in [0.25, 0.3) is 0 Å². The van der Waals surface area contributed by atoms with Crippen molar-refractivity contribution in [3.8, 4) is 0 Å². The summed E-state index contributed by atoms with van der Waals surface area (Å²) in [5.74, 6) is 0. The van der Waals surface area contributed by atoms with Crippen molar-refractivity contribution in [1.82, 2.24) is 0 Å². The molecule has 7 heteroatoms. The molecule has 0 aromatic rings. The SMILES string of the molecule is [Li+].[O-]CCOC(F)(F)C(F)F. The summed E-state index contributed by atoms with van der Waals surface area (Å²) in [5, 5.41) is 9.50. The van der Waals surface area contributed by atoms with Crippen molar-refractivity contribution in [2.75, 3.05) is 13.2 Å². The van der Waals surface area contributed by atoms with Gasteiger partial charge in [-0.25, -0.2) is 8.78 Å². The third-order valence-electron chi connectivity index (χ3n) is 0.632. The van der Waals surface area contributed by atoms with Crippen LogP contribution in [0.1, 0.15) is 0 Å². The summed E-state index contributed by atoms with van der Waals surface area (Å²) in [4.78, 5) is 0. The summed E-state index contributed by atoms with van der Waals surface area (Å²) in [5.41, 5.74) is 0. The van der Waals surface area contributed by atoms with Gasteiger partial charge >= 0.3 is 31.4 Å². The Labute approximate surface area is 72.7 Å². The number of hydrogen-bond donors (Lipinski definition) is 0. The van der Waals surface area contributed by atoms with E-state index in [9.17, 15) is 22.7 Å². The molecule has 0 radical (unpaired) electrons. The molecule has 0 amide bonds. The van der Waals surface area contributed by atoms with Crippen LogP contribution in [0, 0.1) is 0 Å². The topological polar surface area (TPSA) is 32.3 Å². The molecule has 0 heterocycles. The van der Waals surface area contributed by atoms with Crippen LogP contribution in [0.3, 0.4) is 0 Å². The Kier molecular flexibility index (Phi) is 7.32. The van der Waals surface area contributed by atoms with Crippen molar-refractivity contribution in [2.24, 2.45) is 0 Å². The van der Waals surface area contributed by atoms with E-state index in [1.165, 1.54) is 0 Å². The predicted octanol–water partition coefficient (Wildman–Crippen LogP) is -2.77. The predicted molar refractivity (Wildman–Crippen MR) is 21.8 cm³/mol. The molecule has 0 fully saturated rings. The Morgan fingerprint density at radius 1 is 1.36 bits per heavy atom. The minimum Gasteiger partial charge on any atom is -0.853 e. The molecule has 0 bridgehead atoms. The first-order valence-electron chi connectivity index (χ1n) is 2.38. The summed E-state index contributed by atoms with van der Waals surface area (Å²) in [6, 6.07) is 0. The Balaban J connectivity index is 0. The van der Waals surface area contributed by atoms with Crippen molar-refractivity contribution < 1.29 is 46.3 Å². The maximum atomic E-state index is 11.6. The van der Waals surface area contributed by atoms with Gasteiger partial charge in [-0.1, -0.05) is 0 Å². The van der Waals surface area contributed by atoms with E-state index in [4.69, 9.17) is 0 Å². The average Bonchev–Trinajstić information content (AvgIpc) is 1.84. The first-order valence-corrected chi connectivity index (χ1v) is 2.38. The van der Waals surface area contributed by atoms with E-state index in [-0.39, 0.29) is 18.9 Å². The summed E-state index contributed by atoms with van der Waals surface area (Å²) in [6.07, 6.45) is -8.36. The van der Waals surface area contributed by atoms with Gasteiger partial charge in [-0.15, -0.1) is 6.61 Å². The van der Waals surface area contributed by atoms with E-state index >= 15 is 0 Å². The Hall–Kier alpha value is 0.237. The quantitative estimate of drug-likeness (QED) is 0.336. The Bertz CT molecular complexity index is 100. The maximum Gasteiger partial charge on any atom is 1.00 e. The zero-order chi connectivity index (χ0) is 8.20. The number of rotatable bonds is 4. The number of hydrogen-bond acceptors (Lipinski definition) is 2. The number of alkyl halides is 4. The number of ether oxygens (including phenoxy) is 1. The van der Waals surface area contributed by atoms with Crippen molar-refractivity contribution in [2.45, 2.75) is 12.5 Å². The minimum atomic E-state index is -4.48. The third kappa shape index (κ3) is 5.50. The summed E-state index contributed by atoms with van der Waals surface area (Å²) in [6.45, 7) is -1.86. The second-order valence-corrected chi connectivity index (χ2v) is 1.42. The van der Waals surface area contributed by atoms with Crippen molar-refractivity contribution in [3.63, 3.8) is 0 Å². The summed E-state index contributed by atoms with van der Waals surface area (Å²) in [7, 11) is 0. The standard InChI is InChI=1S/C4H5F4O2.Li/c5-3(6)4(7,8)10-2-1-9;/h3H,1-2H2;/q-1;+1. The molecule has 0 aliphatic rings. The van der Waals surface area contributed by atoms with E-state index in [1.807, 2.05) is 0 Å². The van der Waals surface area contributed by atoms with Gasteiger partial charge in [0.25, 0.3) is 0 Å². The van der Waals surface area contributed by atoms with Gasteiger partial charge in [0.2, 0.25) is 0 Å². The maximum absolute atomic E-state index is 11.6. The Morgan fingerprint density at radius 2 is 1.82 bits per heavy atom. The summed E-state index contributed by atoms with van der Waals surface area (Å²) < 4.78 is 48.8. The fourth-order valence-electron chi connectivity index (χ4n) is 0.241. The van der Waals surface area contributed by atoms with Crippen LogP contribution >= 0.6 is 0 Å². The van der Waals surface area contributed by atoms with Crippen LogP contribution in [-0.2, 0) is 4.74 Å². The van der Waals surface area contributed by atoms with Gasteiger partial charge in [0.1, 0.15) is 0 Å². The van der Waals surface area contributed by atoms with E-state index in [0.29, 0.717) is 0 Å². The minimum absolute atomic E-state index is 0. The molecule has 0 spiro atoms. The molecule has 0 unspecified atom stereocenters. The van der Waals surface area contributed by atoms with Crippen molar-refractivity contribution in [1.29, 1.82) is 0 Å². The molecule has 0 atom stereocenters. The van der Waals surface area contributed by atoms with Crippen LogP contribution in [-0.4, -0.2) is 25.7 Å². The van der Waals surface area contributed by atoms with Crippen molar-refractivity contribution >= 4 is 0 Å².